The minimum atomic E-state index is -0.175. The zero-order valence-electron chi connectivity index (χ0n) is 8.58. The number of nitrogens with two attached hydrogens (primary N) is 1. The zero-order chi connectivity index (χ0) is 10.4. The molecular formula is C9H20N2O2. The van der Waals surface area contributed by atoms with Crippen molar-refractivity contribution < 1.29 is 9.90 Å². The summed E-state index contributed by atoms with van der Waals surface area (Å²) in [4.78, 5) is 11.3. The molecule has 0 aromatic rings. The molecule has 1 amide bonds. The van der Waals surface area contributed by atoms with Crippen molar-refractivity contribution in [3.05, 3.63) is 0 Å². The SMILES string of the molecule is CC(CO)CNC(=O)C(C)C(C)N. The van der Waals surface area contributed by atoms with Gasteiger partial charge in [-0.1, -0.05) is 13.8 Å². The second-order valence-electron chi connectivity index (χ2n) is 3.68. The lowest BCUT2D eigenvalue weighted by atomic mass is 10.0. The first-order chi connectivity index (χ1) is 5.99. The first-order valence-corrected chi connectivity index (χ1v) is 4.63. The van der Waals surface area contributed by atoms with Crippen LogP contribution in [0.3, 0.4) is 0 Å². The molecule has 78 valence electrons. The lowest BCUT2D eigenvalue weighted by Crippen LogP contribution is -2.40. The molecule has 0 aliphatic carbocycles. The summed E-state index contributed by atoms with van der Waals surface area (Å²) in [6.45, 7) is 6.07. The van der Waals surface area contributed by atoms with Gasteiger partial charge in [-0.3, -0.25) is 4.79 Å². The Morgan fingerprint density at radius 3 is 2.38 bits per heavy atom. The summed E-state index contributed by atoms with van der Waals surface area (Å²) in [5, 5.41) is 11.5. The van der Waals surface area contributed by atoms with Crippen LogP contribution in [0.1, 0.15) is 20.8 Å². The quantitative estimate of drug-likeness (QED) is 0.555. The maximum atomic E-state index is 11.3. The first-order valence-electron chi connectivity index (χ1n) is 4.63. The van der Waals surface area contributed by atoms with Crippen molar-refractivity contribution in [3.8, 4) is 0 Å². The predicted molar refractivity (Wildman–Crippen MR) is 52.1 cm³/mol. The Hall–Kier alpha value is -0.610. The van der Waals surface area contributed by atoms with E-state index in [2.05, 4.69) is 5.32 Å². The fourth-order valence-electron chi connectivity index (χ4n) is 0.739. The Labute approximate surface area is 79.5 Å². The van der Waals surface area contributed by atoms with E-state index in [0.29, 0.717) is 6.54 Å². The maximum Gasteiger partial charge on any atom is 0.224 e. The van der Waals surface area contributed by atoms with E-state index in [-0.39, 0.29) is 30.4 Å². The number of nitrogens with one attached hydrogen (secondary N) is 1. The van der Waals surface area contributed by atoms with Gasteiger partial charge in [0.15, 0.2) is 0 Å². The van der Waals surface area contributed by atoms with Gasteiger partial charge < -0.3 is 16.2 Å². The monoisotopic (exact) mass is 188 g/mol. The molecule has 13 heavy (non-hydrogen) atoms. The molecule has 0 spiro atoms. The molecule has 0 rings (SSSR count). The van der Waals surface area contributed by atoms with Crippen LogP contribution in [0.2, 0.25) is 0 Å². The molecule has 0 aliphatic rings. The van der Waals surface area contributed by atoms with Gasteiger partial charge in [0.05, 0.1) is 0 Å². The van der Waals surface area contributed by atoms with Gasteiger partial charge >= 0.3 is 0 Å². The molecule has 0 aromatic heterocycles. The summed E-state index contributed by atoms with van der Waals surface area (Å²) in [6.07, 6.45) is 0. The van der Waals surface area contributed by atoms with E-state index in [0.717, 1.165) is 0 Å². The highest BCUT2D eigenvalue weighted by Gasteiger charge is 2.16. The van der Waals surface area contributed by atoms with E-state index < -0.39 is 0 Å². The van der Waals surface area contributed by atoms with Gasteiger partial charge in [0, 0.05) is 25.1 Å². The van der Waals surface area contributed by atoms with Crippen LogP contribution in [0.5, 0.6) is 0 Å². The average molecular weight is 188 g/mol. The Morgan fingerprint density at radius 1 is 1.46 bits per heavy atom. The van der Waals surface area contributed by atoms with Crippen LogP contribution >= 0.6 is 0 Å². The number of hydrogen-bond donors (Lipinski definition) is 3. The summed E-state index contributed by atoms with van der Waals surface area (Å²) in [6, 6.07) is -0.135. The van der Waals surface area contributed by atoms with Gasteiger partial charge in [-0.05, 0) is 12.8 Å². The molecule has 0 radical (unpaired) electrons. The van der Waals surface area contributed by atoms with Gasteiger partial charge in [0.2, 0.25) is 5.91 Å². The second-order valence-corrected chi connectivity index (χ2v) is 3.68. The molecule has 0 aromatic carbocycles. The molecule has 0 aliphatic heterocycles. The van der Waals surface area contributed by atoms with E-state index in [9.17, 15) is 4.79 Å². The van der Waals surface area contributed by atoms with Crippen LogP contribution < -0.4 is 11.1 Å². The van der Waals surface area contributed by atoms with Crippen LogP contribution in [-0.4, -0.2) is 30.2 Å². The highest BCUT2D eigenvalue weighted by molar-refractivity contribution is 5.78. The summed E-state index contributed by atoms with van der Waals surface area (Å²) in [5.74, 6) is -0.120. The number of amides is 1. The van der Waals surface area contributed by atoms with Gasteiger partial charge in [-0.15, -0.1) is 0 Å². The fourth-order valence-corrected chi connectivity index (χ4v) is 0.739. The third kappa shape index (κ3) is 4.85. The van der Waals surface area contributed by atoms with Crippen LogP contribution in [-0.2, 0) is 4.79 Å². The van der Waals surface area contributed by atoms with E-state index in [1.54, 1.807) is 13.8 Å². The molecule has 0 heterocycles. The zero-order valence-corrected chi connectivity index (χ0v) is 8.58. The maximum absolute atomic E-state index is 11.3. The van der Waals surface area contributed by atoms with Crippen molar-refractivity contribution in [2.24, 2.45) is 17.6 Å². The summed E-state index contributed by atoms with van der Waals surface area (Å²) >= 11 is 0. The molecule has 4 nitrogen and oxygen atoms in total. The van der Waals surface area contributed by atoms with Gasteiger partial charge in [-0.25, -0.2) is 0 Å². The van der Waals surface area contributed by atoms with E-state index in [1.165, 1.54) is 0 Å². The molecule has 0 saturated carbocycles. The number of aliphatic hydroxyl groups is 1. The average Bonchev–Trinajstić information content (AvgIpc) is 2.11. The first kappa shape index (κ1) is 12.4. The highest BCUT2D eigenvalue weighted by atomic mass is 16.3. The van der Waals surface area contributed by atoms with E-state index >= 15 is 0 Å². The molecular weight excluding hydrogens is 168 g/mol. The van der Waals surface area contributed by atoms with Crippen LogP contribution in [0.4, 0.5) is 0 Å². The van der Waals surface area contributed by atoms with Crippen molar-refractivity contribution in [1.82, 2.24) is 5.32 Å². The summed E-state index contributed by atoms with van der Waals surface area (Å²) in [5.41, 5.74) is 5.57. The lowest BCUT2D eigenvalue weighted by molar-refractivity contribution is -0.125. The molecule has 0 fully saturated rings. The van der Waals surface area contributed by atoms with Crippen molar-refractivity contribution in [1.29, 1.82) is 0 Å². The van der Waals surface area contributed by atoms with Crippen molar-refractivity contribution in [3.63, 3.8) is 0 Å². The van der Waals surface area contributed by atoms with Gasteiger partial charge in [-0.2, -0.15) is 0 Å². The molecule has 3 atom stereocenters. The number of rotatable bonds is 5. The number of carbonyl (C=O) groups excluding carboxylic acids is 1. The molecule has 0 bridgehead atoms. The topological polar surface area (TPSA) is 75.3 Å². The Balaban J connectivity index is 3.74. The molecule has 4 N–H and O–H groups in total. The van der Waals surface area contributed by atoms with E-state index in [4.69, 9.17) is 10.8 Å². The molecule has 0 saturated heterocycles. The third-order valence-electron chi connectivity index (χ3n) is 2.14. The number of aliphatic hydroxyl groups excluding tert-OH is 1. The minimum absolute atomic E-state index is 0.0460. The summed E-state index contributed by atoms with van der Waals surface area (Å²) in [7, 11) is 0. The van der Waals surface area contributed by atoms with Crippen molar-refractivity contribution in [2.75, 3.05) is 13.2 Å². The second kappa shape index (κ2) is 5.94. The Kier molecular flexibility index (Phi) is 5.66. The standard InChI is InChI=1S/C9H20N2O2/c1-6(5-12)4-11-9(13)7(2)8(3)10/h6-8,12H,4-5,10H2,1-3H3,(H,11,13). The van der Waals surface area contributed by atoms with Crippen molar-refractivity contribution in [2.45, 2.75) is 26.8 Å². The fraction of sp³-hybridized carbons (Fsp3) is 0.889. The van der Waals surface area contributed by atoms with Crippen LogP contribution in [0.25, 0.3) is 0 Å². The van der Waals surface area contributed by atoms with Gasteiger partial charge in [0.25, 0.3) is 0 Å². The largest absolute Gasteiger partial charge is 0.396 e. The van der Waals surface area contributed by atoms with Crippen LogP contribution in [0, 0.1) is 11.8 Å². The third-order valence-corrected chi connectivity index (χ3v) is 2.14. The highest BCUT2D eigenvalue weighted by Crippen LogP contribution is 1.99. The lowest BCUT2D eigenvalue weighted by Gasteiger charge is -2.16. The van der Waals surface area contributed by atoms with Crippen LogP contribution in [0.15, 0.2) is 0 Å². The number of hydrogen-bond acceptors (Lipinski definition) is 3. The van der Waals surface area contributed by atoms with Crippen molar-refractivity contribution >= 4 is 5.91 Å². The normalized spacial score (nSPS) is 17.6. The van der Waals surface area contributed by atoms with E-state index in [1.807, 2.05) is 6.92 Å². The smallest absolute Gasteiger partial charge is 0.224 e. The Bertz CT molecular complexity index is 160. The van der Waals surface area contributed by atoms with Gasteiger partial charge in [0.1, 0.15) is 0 Å². The predicted octanol–water partition coefficient (Wildman–Crippen LogP) is -0.286. The molecule has 3 unspecified atom stereocenters. The summed E-state index contributed by atoms with van der Waals surface area (Å²) < 4.78 is 0. The minimum Gasteiger partial charge on any atom is -0.396 e. The molecule has 4 heteroatoms. The number of carbonyl (C=O) groups is 1. The Morgan fingerprint density at radius 2 is 2.00 bits per heavy atom.